The third-order valence-electron chi connectivity index (χ3n) is 6.20. The van der Waals surface area contributed by atoms with Crippen LogP contribution in [0.3, 0.4) is 0 Å². The SMILES string of the molecule is CC(C)CC(N)C(=O)NC(CS)C(=O)NC(Cc1c[nH]c2ccccc12)C(=O)NC(Cc1cnc[nH]1)C(=O)O. The highest BCUT2D eigenvalue weighted by Gasteiger charge is 2.31. The number of amides is 3. The molecule has 0 saturated carbocycles. The van der Waals surface area contributed by atoms with Gasteiger partial charge in [-0.1, -0.05) is 32.0 Å². The number of imidazole rings is 1. The van der Waals surface area contributed by atoms with Gasteiger partial charge in [-0.2, -0.15) is 12.6 Å². The lowest BCUT2D eigenvalue weighted by Crippen LogP contribution is -2.58. The number of carbonyl (C=O) groups excluding carboxylic acids is 3. The molecule has 39 heavy (non-hydrogen) atoms. The van der Waals surface area contributed by atoms with Crippen LogP contribution in [-0.2, 0) is 32.0 Å². The molecule has 3 aromatic rings. The normalized spacial score (nSPS) is 14.4. The van der Waals surface area contributed by atoms with Crippen molar-refractivity contribution in [1.29, 1.82) is 0 Å². The van der Waals surface area contributed by atoms with Gasteiger partial charge in [0.2, 0.25) is 17.7 Å². The number of fused-ring (bicyclic) bond motifs is 1. The zero-order valence-corrected chi connectivity index (χ0v) is 22.7. The van der Waals surface area contributed by atoms with Gasteiger partial charge >= 0.3 is 5.97 Å². The number of para-hydroxylation sites is 1. The van der Waals surface area contributed by atoms with Crippen LogP contribution < -0.4 is 21.7 Å². The van der Waals surface area contributed by atoms with Gasteiger partial charge in [0, 0.05) is 47.6 Å². The van der Waals surface area contributed by atoms with Gasteiger partial charge in [0.1, 0.15) is 18.1 Å². The van der Waals surface area contributed by atoms with E-state index in [4.69, 9.17) is 5.73 Å². The molecule has 2 heterocycles. The van der Waals surface area contributed by atoms with Gasteiger partial charge in [0.25, 0.3) is 0 Å². The van der Waals surface area contributed by atoms with Crippen LogP contribution in [0.25, 0.3) is 10.9 Å². The van der Waals surface area contributed by atoms with Crippen LogP contribution in [0.5, 0.6) is 0 Å². The predicted octanol–water partition coefficient (Wildman–Crippen LogP) is 0.518. The van der Waals surface area contributed by atoms with Crippen molar-refractivity contribution >= 4 is 47.2 Å². The van der Waals surface area contributed by atoms with E-state index in [2.05, 4.69) is 43.5 Å². The number of nitrogens with one attached hydrogen (secondary N) is 5. The molecule has 0 radical (unpaired) electrons. The summed E-state index contributed by atoms with van der Waals surface area (Å²) < 4.78 is 0. The van der Waals surface area contributed by atoms with Crippen LogP contribution in [0.4, 0.5) is 0 Å². The van der Waals surface area contributed by atoms with Crippen molar-refractivity contribution < 1.29 is 24.3 Å². The molecule has 4 atom stereocenters. The van der Waals surface area contributed by atoms with Crippen molar-refractivity contribution in [1.82, 2.24) is 30.9 Å². The smallest absolute Gasteiger partial charge is 0.326 e. The molecular formula is C26H35N7O5S. The third-order valence-corrected chi connectivity index (χ3v) is 6.57. The average molecular weight is 558 g/mol. The Hall–Kier alpha value is -3.84. The van der Waals surface area contributed by atoms with Crippen molar-refractivity contribution in [2.24, 2.45) is 11.7 Å². The lowest BCUT2D eigenvalue weighted by Gasteiger charge is -2.24. The monoisotopic (exact) mass is 557 g/mol. The first kappa shape index (κ1) is 29.7. The number of nitrogens with two attached hydrogens (primary N) is 1. The summed E-state index contributed by atoms with van der Waals surface area (Å²) in [6.45, 7) is 3.86. The van der Waals surface area contributed by atoms with Crippen LogP contribution in [-0.4, -0.2) is 73.7 Å². The topological polar surface area (TPSA) is 195 Å². The number of hydrogen-bond donors (Lipinski definition) is 8. The molecule has 8 N–H and O–H groups in total. The number of aromatic amines is 2. The van der Waals surface area contributed by atoms with Crippen LogP contribution in [0.1, 0.15) is 31.5 Å². The summed E-state index contributed by atoms with van der Waals surface area (Å²) >= 11 is 4.20. The second-order valence-electron chi connectivity index (χ2n) is 9.78. The number of nitrogens with zero attached hydrogens (tertiary/aromatic N) is 1. The Kier molecular flexibility index (Phi) is 10.5. The molecule has 0 bridgehead atoms. The number of aromatic nitrogens is 3. The molecule has 1 aromatic carbocycles. The van der Waals surface area contributed by atoms with E-state index in [1.165, 1.54) is 12.5 Å². The zero-order valence-electron chi connectivity index (χ0n) is 21.8. The second kappa shape index (κ2) is 13.8. The van der Waals surface area contributed by atoms with Crippen LogP contribution in [0.15, 0.2) is 43.0 Å². The fourth-order valence-electron chi connectivity index (χ4n) is 4.18. The lowest BCUT2D eigenvalue weighted by molar-refractivity contribution is -0.142. The zero-order chi connectivity index (χ0) is 28.5. The first-order valence-corrected chi connectivity index (χ1v) is 13.2. The molecule has 2 aromatic heterocycles. The number of carboxylic acid groups (broad SMARTS) is 1. The van der Waals surface area contributed by atoms with E-state index in [0.717, 1.165) is 16.5 Å². The van der Waals surface area contributed by atoms with Crippen molar-refractivity contribution in [2.75, 3.05) is 5.75 Å². The van der Waals surface area contributed by atoms with E-state index in [-0.39, 0.29) is 24.5 Å². The number of thiol groups is 1. The number of rotatable bonds is 14. The van der Waals surface area contributed by atoms with Crippen LogP contribution in [0.2, 0.25) is 0 Å². The summed E-state index contributed by atoms with van der Waals surface area (Å²) in [7, 11) is 0. The van der Waals surface area contributed by atoms with E-state index in [9.17, 15) is 24.3 Å². The molecule has 12 nitrogen and oxygen atoms in total. The van der Waals surface area contributed by atoms with Gasteiger partial charge in [0.05, 0.1) is 12.4 Å². The highest BCUT2D eigenvalue weighted by molar-refractivity contribution is 7.80. The summed E-state index contributed by atoms with van der Waals surface area (Å²) in [5, 5.41) is 18.4. The fraction of sp³-hybridized carbons (Fsp3) is 0.423. The van der Waals surface area contributed by atoms with Gasteiger partial charge in [-0.15, -0.1) is 0 Å². The molecule has 0 aliphatic carbocycles. The summed E-state index contributed by atoms with van der Waals surface area (Å²) in [6, 6.07) is 3.20. The van der Waals surface area contributed by atoms with Gasteiger partial charge < -0.3 is 36.8 Å². The molecule has 0 fully saturated rings. The maximum absolute atomic E-state index is 13.4. The molecule has 3 amide bonds. The molecule has 210 valence electrons. The number of hydrogen-bond acceptors (Lipinski definition) is 7. The van der Waals surface area contributed by atoms with Crippen molar-refractivity contribution in [3.63, 3.8) is 0 Å². The standard InChI is InChI=1S/C26H35N7O5S/c1-14(2)7-18(27)23(34)33-22(12-39)25(36)31-20(8-15-10-29-19-6-4-3-5-17(15)19)24(35)32-21(26(37)38)9-16-11-28-13-30-16/h3-6,10-11,13-14,18,20-22,29,39H,7-9,12,27H2,1-2H3,(H,28,30)(H,31,36)(H,32,35)(H,33,34)(H,37,38). The first-order chi connectivity index (χ1) is 18.6. The average Bonchev–Trinajstić information content (AvgIpc) is 3.55. The second-order valence-corrected chi connectivity index (χ2v) is 10.2. The summed E-state index contributed by atoms with van der Waals surface area (Å²) in [4.78, 5) is 60.9. The van der Waals surface area contributed by atoms with E-state index in [1.807, 2.05) is 38.1 Å². The van der Waals surface area contributed by atoms with E-state index in [1.54, 1.807) is 6.20 Å². The molecule has 0 saturated heterocycles. The third kappa shape index (κ3) is 8.32. The van der Waals surface area contributed by atoms with E-state index in [0.29, 0.717) is 12.1 Å². The molecule has 13 heteroatoms. The van der Waals surface area contributed by atoms with Crippen molar-refractivity contribution in [3.05, 3.63) is 54.2 Å². The molecule has 0 spiro atoms. The lowest BCUT2D eigenvalue weighted by atomic mass is 10.0. The number of benzene rings is 1. The summed E-state index contributed by atoms with van der Waals surface area (Å²) in [6.07, 6.45) is 5.09. The van der Waals surface area contributed by atoms with Crippen LogP contribution >= 0.6 is 12.6 Å². The molecule has 0 aliphatic rings. The number of H-pyrrole nitrogens is 2. The number of aliphatic carboxylic acids is 1. The Bertz CT molecular complexity index is 1280. The highest BCUT2D eigenvalue weighted by atomic mass is 32.1. The highest BCUT2D eigenvalue weighted by Crippen LogP contribution is 2.19. The largest absolute Gasteiger partial charge is 0.480 e. The Labute approximate surface area is 231 Å². The predicted molar refractivity (Wildman–Crippen MR) is 149 cm³/mol. The molecule has 3 rings (SSSR count). The van der Waals surface area contributed by atoms with E-state index >= 15 is 0 Å². The van der Waals surface area contributed by atoms with Gasteiger partial charge in [-0.3, -0.25) is 14.4 Å². The van der Waals surface area contributed by atoms with Crippen LogP contribution in [0, 0.1) is 5.92 Å². The maximum atomic E-state index is 13.4. The summed E-state index contributed by atoms with van der Waals surface area (Å²) in [5.41, 5.74) is 8.07. The molecule has 4 unspecified atom stereocenters. The molecule has 0 aliphatic heterocycles. The Morgan fingerprint density at radius 3 is 2.28 bits per heavy atom. The number of carbonyl (C=O) groups is 4. The first-order valence-electron chi connectivity index (χ1n) is 12.6. The Morgan fingerprint density at radius 2 is 1.64 bits per heavy atom. The Morgan fingerprint density at radius 1 is 0.974 bits per heavy atom. The summed E-state index contributed by atoms with van der Waals surface area (Å²) in [5.74, 6) is -2.93. The quantitative estimate of drug-likeness (QED) is 0.132. The minimum absolute atomic E-state index is 0.0299. The molecular weight excluding hydrogens is 522 g/mol. The van der Waals surface area contributed by atoms with Gasteiger partial charge in [-0.05, 0) is 24.0 Å². The fourth-order valence-corrected chi connectivity index (χ4v) is 4.44. The van der Waals surface area contributed by atoms with Crippen molar-refractivity contribution in [2.45, 2.75) is 57.3 Å². The Balaban J connectivity index is 1.80. The number of carboxylic acids is 1. The minimum Gasteiger partial charge on any atom is -0.480 e. The minimum atomic E-state index is -1.27. The maximum Gasteiger partial charge on any atom is 0.326 e. The van der Waals surface area contributed by atoms with Gasteiger partial charge in [0.15, 0.2) is 0 Å². The van der Waals surface area contributed by atoms with Crippen molar-refractivity contribution in [3.8, 4) is 0 Å². The van der Waals surface area contributed by atoms with Gasteiger partial charge in [-0.25, -0.2) is 9.78 Å². The van der Waals surface area contributed by atoms with E-state index < -0.39 is 47.9 Å².